The fourth-order valence-corrected chi connectivity index (χ4v) is 1.11. The second kappa shape index (κ2) is 5.31. The maximum atomic E-state index is 12.0. The van der Waals surface area contributed by atoms with E-state index in [1.165, 1.54) is 17.1 Å². The van der Waals surface area contributed by atoms with Crippen LogP contribution in [0.2, 0.25) is 0 Å². The summed E-state index contributed by atoms with van der Waals surface area (Å²) >= 11 is 0. The maximum Gasteiger partial charge on any atom is 0.323 e. The Labute approximate surface area is 99.8 Å². The van der Waals surface area contributed by atoms with E-state index in [2.05, 4.69) is 25.4 Å². The number of nitrogens with zero attached hydrogens (tertiary/aromatic N) is 5. The van der Waals surface area contributed by atoms with Gasteiger partial charge in [0.2, 0.25) is 11.9 Å². The van der Waals surface area contributed by atoms with Gasteiger partial charge in [0, 0.05) is 12.4 Å². The largest absolute Gasteiger partial charge is 0.457 e. The van der Waals surface area contributed by atoms with Crippen molar-refractivity contribution in [2.24, 2.45) is 5.84 Å². The first kappa shape index (κ1) is 12.1. The number of nitrogens with one attached hydrogen (secondary N) is 1. The minimum Gasteiger partial charge on any atom is -0.457 e. The number of hydrogen-bond donors (Lipinski definition) is 2. The van der Waals surface area contributed by atoms with Crippen molar-refractivity contribution < 1.29 is 13.5 Å². The summed E-state index contributed by atoms with van der Waals surface area (Å²) < 4.78 is 30.2. The lowest BCUT2D eigenvalue weighted by Gasteiger charge is -2.07. The molecule has 0 aliphatic carbocycles. The van der Waals surface area contributed by atoms with Gasteiger partial charge in [-0.3, -0.25) is 9.99 Å². The summed E-state index contributed by atoms with van der Waals surface area (Å²) in [7, 11) is 0. The second-order valence-electron chi connectivity index (χ2n) is 3.06. The number of halogens is 2. The maximum absolute atomic E-state index is 12.0. The predicted molar refractivity (Wildman–Crippen MR) is 56.3 cm³/mol. The molecule has 10 heteroatoms. The molecule has 8 nitrogen and oxygen atoms in total. The number of nitrogen functional groups attached to an aromatic ring is 1. The molecule has 0 amide bonds. The van der Waals surface area contributed by atoms with Gasteiger partial charge in [0.1, 0.15) is 6.33 Å². The Balaban J connectivity index is 2.27. The Bertz CT molecular complexity index is 504. The Hall–Kier alpha value is -2.36. The molecule has 0 spiro atoms. The quantitative estimate of drug-likeness (QED) is 0.573. The van der Waals surface area contributed by atoms with E-state index in [9.17, 15) is 8.78 Å². The smallest absolute Gasteiger partial charge is 0.323 e. The third-order valence-corrected chi connectivity index (χ3v) is 1.81. The van der Waals surface area contributed by atoms with Crippen molar-refractivity contribution in [1.29, 1.82) is 0 Å². The topological polar surface area (TPSA) is 104 Å². The molecule has 3 N–H and O–H groups in total. The van der Waals surface area contributed by atoms with Crippen LogP contribution in [-0.4, -0.2) is 37.5 Å². The number of rotatable bonds is 5. The average molecular weight is 257 g/mol. The number of hydrazine groups is 1. The molecule has 18 heavy (non-hydrogen) atoms. The number of hydrogen-bond acceptors (Lipinski definition) is 7. The number of anilines is 1. The van der Waals surface area contributed by atoms with Crippen molar-refractivity contribution in [2.75, 3.05) is 12.0 Å². The first-order valence-electron chi connectivity index (χ1n) is 4.81. The number of nitrogens with two attached hydrogens (primary N) is 1. The highest BCUT2D eigenvalue weighted by molar-refractivity contribution is 5.28. The Morgan fingerprint density at radius 1 is 1.39 bits per heavy atom. The lowest BCUT2D eigenvalue weighted by Crippen LogP contribution is -2.16. The molecule has 0 radical (unpaired) electrons. The monoisotopic (exact) mass is 257 g/mol. The van der Waals surface area contributed by atoms with E-state index < -0.39 is 13.0 Å². The molecule has 0 bridgehead atoms. The minimum atomic E-state index is -2.62. The summed E-state index contributed by atoms with van der Waals surface area (Å²) in [6, 6.07) is -0.248. The predicted octanol–water partition coefficient (Wildman–Crippen LogP) is -0.0132. The van der Waals surface area contributed by atoms with Gasteiger partial charge in [0.05, 0.1) is 0 Å². The summed E-state index contributed by atoms with van der Waals surface area (Å²) in [5.74, 6) is 5.32. The molecule has 2 heterocycles. The van der Waals surface area contributed by atoms with Gasteiger partial charge in [0.25, 0.3) is 6.43 Å². The number of aromatic nitrogens is 5. The van der Waals surface area contributed by atoms with Gasteiger partial charge in [0.15, 0.2) is 6.61 Å². The molecule has 0 aromatic carbocycles. The summed E-state index contributed by atoms with van der Waals surface area (Å²) in [5, 5.41) is 0. The fourth-order valence-electron chi connectivity index (χ4n) is 1.11. The molecule has 2 aromatic heterocycles. The van der Waals surface area contributed by atoms with Gasteiger partial charge in [-0.05, 0) is 0 Å². The summed E-state index contributed by atoms with van der Waals surface area (Å²) in [6.45, 7) is -0.808. The summed E-state index contributed by atoms with van der Waals surface area (Å²) in [5.41, 5.74) is 2.19. The van der Waals surface area contributed by atoms with Crippen molar-refractivity contribution in [3.63, 3.8) is 0 Å². The molecule has 2 aromatic rings. The highest BCUT2D eigenvalue weighted by atomic mass is 19.3. The van der Waals surface area contributed by atoms with Crippen LogP contribution in [0.1, 0.15) is 0 Å². The molecule has 96 valence electrons. The minimum absolute atomic E-state index is 0.00188. The van der Waals surface area contributed by atoms with E-state index in [4.69, 9.17) is 10.6 Å². The van der Waals surface area contributed by atoms with E-state index in [0.717, 1.165) is 0 Å². The molecule has 0 fully saturated rings. The first-order chi connectivity index (χ1) is 8.69. The number of alkyl halides is 2. The zero-order valence-electron chi connectivity index (χ0n) is 8.99. The first-order valence-corrected chi connectivity index (χ1v) is 4.81. The normalized spacial score (nSPS) is 10.7. The average Bonchev–Trinajstić information content (AvgIpc) is 2.89. The SMILES string of the molecule is NNc1nc(OCC(F)F)nc(-n2ccnc2)n1. The third kappa shape index (κ3) is 2.85. The van der Waals surface area contributed by atoms with Crippen LogP contribution < -0.4 is 16.0 Å². The van der Waals surface area contributed by atoms with Crippen LogP contribution in [0, 0.1) is 0 Å². The molecule has 0 saturated carbocycles. The molecular formula is C8H9F2N7O. The molecule has 2 rings (SSSR count). The van der Waals surface area contributed by atoms with Gasteiger partial charge in [-0.15, -0.1) is 0 Å². The van der Waals surface area contributed by atoms with E-state index in [1.807, 2.05) is 0 Å². The Morgan fingerprint density at radius 3 is 2.83 bits per heavy atom. The van der Waals surface area contributed by atoms with Gasteiger partial charge in [-0.2, -0.15) is 15.0 Å². The van der Waals surface area contributed by atoms with Crippen LogP contribution in [0.5, 0.6) is 6.01 Å². The van der Waals surface area contributed by atoms with Crippen molar-refractivity contribution in [3.05, 3.63) is 18.7 Å². The van der Waals surface area contributed by atoms with Gasteiger partial charge in [-0.1, -0.05) is 0 Å². The van der Waals surface area contributed by atoms with Crippen LogP contribution in [-0.2, 0) is 0 Å². The standard InChI is InChI=1S/C8H9F2N7O/c9-5(10)3-18-8-14-6(16-11)13-7(15-8)17-2-1-12-4-17/h1-2,4-5H,3,11H2,(H,13,14,15,16). The molecule has 0 aliphatic rings. The van der Waals surface area contributed by atoms with Crippen LogP contribution in [0.3, 0.4) is 0 Å². The Morgan fingerprint density at radius 2 is 2.22 bits per heavy atom. The zero-order valence-corrected chi connectivity index (χ0v) is 8.99. The lowest BCUT2D eigenvalue weighted by atomic mass is 10.7. The van der Waals surface area contributed by atoms with Crippen LogP contribution >= 0.6 is 0 Å². The van der Waals surface area contributed by atoms with E-state index in [1.54, 1.807) is 6.20 Å². The van der Waals surface area contributed by atoms with E-state index >= 15 is 0 Å². The molecule has 0 saturated heterocycles. The summed E-state index contributed by atoms with van der Waals surface area (Å²) in [4.78, 5) is 15.3. The van der Waals surface area contributed by atoms with Crippen molar-refractivity contribution in [3.8, 4) is 12.0 Å². The van der Waals surface area contributed by atoms with E-state index in [-0.39, 0.29) is 17.9 Å². The third-order valence-electron chi connectivity index (χ3n) is 1.81. The van der Waals surface area contributed by atoms with Crippen molar-refractivity contribution >= 4 is 5.95 Å². The molecular weight excluding hydrogens is 248 g/mol. The fraction of sp³-hybridized carbons (Fsp3) is 0.250. The van der Waals surface area contributed by atoms with E-state index in [0.29, 0.717) is 0 Å². The molecule has 0 aliphatic heterocycles. The molecule has 0 atom stereocenters. The van der Waals surface area contributed by atoms with Gasteiger partial charge >= 0.3 is 6.01 Å². The number of ether oxygens (including phenoxy) is 1. The zero-order chi connectivity index (χ0) is 13.0. The Kier molecular flexibility index (Phi) is 3.57. The highest BCUT2D eigenvalue weighted by Gasteiger charge is 2.10. The second-order valence-corrected chi connectivity index (χ2v) is 3.06. The van der Waals surface area contributed by atoms with Gasteiger partial charge < -0.3 is 4.74 Å². The van der Waals surface area contributed by atoms with Crippen molar-refractivity contribution in [1.82, 2.24) is 24.5 Å². The van der Waals surface area contributed by atoms with Gasteiger partial charge in [-0.25, -0.2) is 19.6 Å². The van der Waals surface area contributed by atoms with Crippen LogP contribution in [0.15, 0.2) is 18.7 Å². The molecule has 0 unspecified atom stereocenters. The summed E-state index contributed by atoms with van der Waals surface area (Å²) in [6.07, 6.45) is 1.91. The lowest BCUT2D eigenvalue weighted by molar-refractivity contribution is 0.0769. The number of imidazole rings is 1. The van der Waals surface area contributed by atoms with Crippen LogP contribution in [0.4, 0.5) is 14.7 Å². The van der Waals surface area contributed by atoms with Crippen molar-refractivity contribution in [2.45, 2.75) is 6.43 Å². The highest BCUT2D eigenvalue weighted by Crippen LogP contribution is 2.10. The van der Waals surface area contributed by atoms with Crippen LogP contribution in [0.25, 0.3) is 5.95 Å².